The van der Waals surface area contributed by atoms with Gasteiger partial charge < -0.3 is 10.2 Å². The Balaban J connectivity index is 2.09. The maximum atomic E-state index is 13.0. The highest BCUT2D eigenvalue weighted by Gasteiger charge is 2.26. The number of rotatable bonds is 3. The third kappa shape index (κ3) is 5.30. The van der Waals surface area contributed by atoms with Crippen LogP contribution in [-0.4, -0.2) is 29.8 Å². The Hall–Kier alpha value is -1.36. The lowest BCUT2D eigenvalue weighted by atomic mass is 9.95. The average Bonchev–Trinajstić information content (AvgIpc) is 2.85. The van der Waals surface area contributed by atoms with Gasteiger partial charge in [-0.3, -0.25) is 9.59 Å². The van der Waals surface area contributed by atoms with Gasteiger partial charge in [-0.15, -0.1) is 11.3 Å². The summed E-state index contributed by atoms with van der Waals surface area (Å²) in [5.74, 6) is 0.0606. The summed E-state index contributed by atoms with van der Waals surface area (Å²) >= 11 is 1.39. The zero-order chi connectivity index (χ0) is 18.6. The molecule has 0 aromatic carbocycles. The van der Waals surface area contributed by atoms with Gasteiger partial charge in [0.2, 0.25) is 5.91 Å². The molecule has 0 bridgehead atoms. The van der Waals surface area contributed by atoms with Crippen molar-refractivity contribution in [1.82, 2.24) is 4.90 Å². The predicted octanol–water partition coefficient (Wildman–Crippen LogP) is 5.23. The number of hydrogen-bond donors (Lipinski definition) is 1. The van der Waals surface area contributed by atoms with E-state index in [1.54, 1.807) is 0 Å². The van der Waals surface area contributed by atoms with Gasteiger partial charge in [0.05, 0.1) is 9.88 Å². The zero-order valence-electron chi connectivity index (χ0n) is 16.3. The molecule has 2 amide bonds. The van der Waals surface area contributed by atoms with E-state index < -0.39 is 5.41 Å². The highest BCUT2D eigenvalue weighted by atomic mass is 32.1. The second-order valence-corrected chi connectivity index (χ2v) is 9.29. The van der Waals surface area contributed by atoms with Crippen molar-refractivity contribution in [3.05, 3.63) is 16.5 Å². The lowest BCUT2D eigenvalue weighted by Gasteiger charge is -2.29. The van der Waals surface area contributed by atoms with Crippen LogP contribution in [-0.2, 0) is 4.79 Å². The van der Waals surface area contributed by atoms with Crippen LogP contribution < -0.4 is 5.32 Å². The Morgan fingerprint density at radius 2 is 1.68 bits per heavy atom. The molecular weight excluding hydrogens is 332 g/mol. The molecule has 1 N–H and O–H groups in total. The van der Waals surface area contributed by atoms with Crippen LogP contribution in [0.5, 0.6) is 0 Å². The van der Waals surface area contributed by atoms with Crippen LogP contribution in [0.15, 0.2) is 6.07 Å². The number of nitrogens with zero attached hydrogens (tertiary/aromatic N) is 1. The van der Waals surface area contributed by atoms with E-state index >= 15 is 0 Å². The summed E-state index contributed by atoms with van der Waals surface area (Å²) in [6.07, 6.45) is 8.49. The minimum Gasteiger partial charge on any atom is -0.338 e. The van der Waals surface area contributed by atoms with Crippen molar-refractivity contribution in [1.29, 1.82) is 0 Å². The van der Waals surface area contributed by atoms with E-state index in [1.165, 1.54) is 43.4 Å². The van der Waals surface area contributed by atoms with Gasteiger partial charge in [-0.25, -0.2) is 0 Å². The molecule has 4 nitrogen and oxygen atoms in total. The lowest BCUT2D eigenvalue weighted by Crippen LogP contribution is -2.37. The van der Waals surface area contributed by atoms with Crippen molar-refractivity contribution in [2.24, 2.45) is 5.41 Å². The number of aryl methyl sites for hydroxylation is 1. The topological polar surface area (TPSA) is 49.4 Å². The van der Waals surface area contributed by atoms with Gasteiger partial charge in [0.25, 0.3) is 5.91 Å². The molecule has 1 aliphatic carbocycles. The predicted molar refractivity (Wildman–Crippen MR) is 105 cm³/mol. The largest absolute Gasteiger partial charge is 0.338 e. The summed E-state index contributed by atoms with van der Waals surface area (Å²) in [5, 5.41) is 3.70. The van der Waals surface area contributed by atoms with Crippen molar-refractivity contribution >= 4 is 28.2 Å². The van der Waals surface area contributed by atoms with E-state index in [1.807, 2.05) is 45.7 Å². The number of carbonyl (C=O) groups excluding carboxylic acids is 2. The molecule has 5 heteroatoms. The lowest BCUT2D eigenvalue weighted by molar-refractivity contribution is -0.123. The summed E-state index contributed by atoms with van der Waals surface area (Å²) in [6.45, 7) is 7.61. The van der Waals surface area contributed by atoms with Crippen LogP contribution in [0.1, 0.15) is 81.0 Å². The minimum atomic E-state index is -0.447. The van der Waals surface area contributed by atoms with E-state index in [4.69, 9.17) is 0 Å². The van der Waals surface area contributed by atoms with Crippen LogP contribution in [0.2, 0.25) is 0 Å². The van der Waals surface area contributed by atoms with Gasteiger partial charge in [0.15, 0.2) is 0 Å². The smallest absolute Gasteiger partial charge is 0.264 e. The molecule has 0 spiro atoms. The quantitative estimate of drug-likeness (QED) is 0.799. The first kappa shape index (κ1) is 20.0. The Kier molecular flexibility index (Phi) is 6.66. The van der Waals surface area contributed by atoms with E-state index in [-0.39, 0.29) is 11.8 Å². The second-order valence-electron chi connectivity index (χ2n) is 8.24. The molecule has 1 aliphatic rings. The van der Waals surface area contributed by atoms with Gasteiger partial charge in [-0.1, -0.05) is 52.9 Å². The molecular formula is C20H32N2O2S. The van der Waals surface area contributed by atoms with Crippen LogP contribution in [0.4, 0.5) is 5.00 Å². The number of thiophene rings is 1. The third-order valence-electron chi connectivity index (χ3n) is 4.97. The second kappa shape index (κ2) is 8.35. The summed E-state index contributed by atoms with van der Waals surface area (Å²) in [6, 6.07) is 2.25. The van der Waals surface area contributed by atoms with Gasteiger partial charge in [-0.05, 0) is 31.4 Å². The van der Waals surface area contributed by atoms with Crippen LogP contribution in [0, 0.1) is 12.3 Å². The number of hydrogen-bond acceptors (Lipinski definition) is 3. The number of carbonyl (C=O) groups is 2. The first-order valence-corrected chi connectivity index (χ1v) is 10.2. The summed E-state index contributed by atoms with van der Waals surface area (Å²) in [7, 11) is 1.93. The Morgan fingerprint density at radius 1 is 1.12 bits per heavy atom. The van der Waals surface area contributed by atoms with Gasteiger partial charge >= 0.3 is 0 Å². The van der Waals surface area contributed by atoms with E-state index in [0.717, 1.165) is 28.3 Å². The molecule has 0 atom stereocenters. The first-order chi connectivity index (χ1) is 11.7. The standard InChI is InChI=1S/C20H32N2O2S/c1-14-13-16(21-19(24)20(2,3)4)25-17(14)18(23)22(5)15-11-9-7-6-8-10-12-15/h13,15H,6-12H2,1-5H3,(H,21,24). The van der Waals surface area contributed by atoms with Crippen molar-refractivity contribution in [3.63, 3.8) is 0 Å². The highest BCUT2D eigenvalue weighted by Crippen LogP contribution is 2.30. The molecule has 25 heavy (non-hydrogen) atoms. The molecule has 1 heterocycles. The maximum Gasteiger partial charge on any atom is 0.264 e. The zero-order valence-corrected chi connectivity index (χ0v) is 17.1. The molecule has 0 saturated heterocycles. The molecule has 0 radical (unpaired) electrons. The van der Waals surface area contributed by atoms with Gasteiger partial charge in [-0.2, -0.15) is 0 Å². The Bertz CT molecular complexity index is 608. The Morgan fingerprint density at radius 3 is 2.24 bits per heavy atom. The van der Waals surface area contributed by atoms with E-state index in [2.05, 4.69) is 5.32 Å². The van der Waals surface area contributed by atoms with Crippen LogP contribution in [0.3, 0.4) is 0 Å². The van der Waals surface area contributed by atoms with E-state index in [0.29, 0.717) is 6.04 Å². The number of anilines is 1. The van der Waals surface area contributed by atoms with Gasteiger partial charge in [0.1, 0.15) is 0 Å². The SMILES string of the molecule is Cc1cc(NC(=O)C(C)(C)C)sc1C(=O)N(C)C1CCCCCCC1. The molecule has 1 aromatic rings. The van der Waals surface area contributed by atoms with Crippen LogP contribution in [0.25, 0.3) is 0 Å². The Labute approximate surface area is 156 Å². The molecule has 1 fully saturated rings. The first-order valence-electron chi connectivity index (χ1n) is 9.39. The molecule has 1 saturated carbocycles. The normalized spacial score (nSPS) is 16.8. The van der Waals surface area contributed by atoms with Gasteiger partial charge in [0, 0.05) is 18.5 Å². The van der Waals surface area contributed by atoms with Crippen molar-refractivity contribution in [2.75, 3.05) is 12.4 Å². The average molecular weight is 365 g/mol. The third-order valence-corrected chi connectivity index (χ3v) is 6.11. The molecule has 2 rings (SSSR count). The van der Waals surface area contributed by atoms with Crippen LogP contribution >= 0.6 is 11.3 Å². The molecule has 140 valence electrons. The monoisotopic (exact) mass is 364 g/mol. The summed E-state index contributed by atoms with van der Waals surface area (Å²) in [4.78, 5) is 27.8. The molecule has 1 aromatic heterocycles. The summed E-state index contributed by atoms with van der Waals surface area (Å²) < 4.78 is 0. The van der Waals surface area contributed by atoms with E-state index in [9.17, 15) is 9.59 Å². The van der Waals surface area contributed by atoms with Crippen molar-refractivity contribution in [2.45, 2.75) is 78.7 Å². The minimum absolute atomic E-state index is 0.0267. The van der Waals surface area contributed by atoms with Crippen molar-refractivity contribution < 1.29 is 9.59 Å². The fourth-order valence-corrected chi connectivity index (χ4v) is 4.25. The molecule has 0 aliphatic heterocycles. The number of nitrogens with one attached hydrogen (secondary N) is 1. The molecule has 0 unspecified atom stereocenters. The highest BCUT2D eigenvalue weighted by molar-refractivity contribution is 7.18. The fraction of sp³-hybridized carbons (Fsp3) is 0.700. The summed E-state index contributed by atoms with van der Waals surface area (Å²) in [5.41, 5.74) is 0.495. The maximum absolute atomic E-state index is 13.0. The fourth-order valence-electron chi connectivity index (χ4n) is 3.20. The number of amides is 2. The van der Waals surface area contributed by atoms with Crippen molar-refractivity contribution in [3.8, 4) is 0 Å².